The molecule has 27 heavy (non-hydrogen) atoms. The molecule has 0 bridgehead atoms. The summed E-state index contributed by atoms with van der Waals surface area (Å²) < 4.78 is 5.53. The summed E-state index contributed by atoms with van der Waals surface area (Å²) in [6, 6.07) is 0. The van der Waals surface area contributed by atoms with Gasteiger partial charge in [0, 0.05) is 51.8 Å². The van der Waals surface area contributed by atoms with Crippen molar-refractivity contribution < 1.29 is 14.6 Å². The molecule has 0 aromatic rings. The molecule has 2 N–H and O–H groups in total. The van der Waals surface area contributed by atoms with Gasteiger partial charge in [-0.2, -0.15) is 0 Å². The van der Waals surface area contributed by atoms with Crippen molar-refractivity contribution in [3.8, 4) is 0 Å². The Bertz CT molecular complexity index is 519. The molecule has 7 nitrogen and oxygen atoms in total. The molecular weight excluding hydrogens is 459 g/mol. The van der Waals surface area contributed by atoms with Crippen molar-refractivity contribution >= 4 is 35.8 Å². The van der Waals surface area contributed by atoms with E-state index >= 15 is 0 Å². The van der Waals surface area contributed by atoms with E-state index in [1.165, 1.54) is 6.42 Å². The number of aliphatic hydroxyl groups is 1. The number of hydrogen-bond donors (Lipinski definition) is 2. The van der Waals surface area contributed by atoms with Crippen molar-refractivity contribution in [1.29, 1.82) is 0 Å². The molecule has 3 unspecified atom stereocenters. The molecule has 8 heteroatoms. The molecule has 1 saturated carbocycles. The highest BCUT2D eigenvalue weighted by atomic mass is 127. The number of halogens is 1. The molecule has 2 saturated heterocycles. The number of rotatable bonds is 3. The van der Waals surface area contributed by atoms with Crippen LogP contribution in [0.15, 0.2) is 4.99 Å². The van der Waals surface area contributed by atoms with Gasteiger partial charge < -0.3 is 25.0 Å². The fraction of sp³-hybridized carbons (Fsp3) is 0.895. The summed E-state index contributed by atoms with van der Waals surface area (Å²) in [5.41, 5.74) is -0.0915. The van der Waals surface area contributed by atoms with E-state index in [0.717, 1.165) is 57.7 Å². The molecule has 3 fully saturated rings. The Morgan fingerprint density at radius 1 is 1.19 bits per heavy atom. The standard InChI is InChI=1S/C19H34N4O3.HI/c1-19(8-4-3-7-16(19)24)14-21-18(20-2)23-11-9-22(10-12-23)17(25)15-6-5-13-26-15;/h15-16,24H,3-14H2,1-2H3,(H,20,21);1H. The van der Waals surface area contributed by atoms with E-state index in [1.807, 2.05) is 4.90 Å². The van der Waals surface area contributed by atoms with Crippen LogP contribution < -0.4 is 5.32 Å². The first-order valence-electron chi connectivity index (χ1n) is 10.1. The largest absolute Gasteiger partial charge is 0.392 e. The number of piperazine rings is 1. The Labute approximate surface area is 179 Å². The maximum absolute atomic E-state index is 12.5. The summed E-state index contributed by atoms with van der Waals surface area (Å²) in [7, 11) is 1.80. The zero-order valence-electron chi connectivity index (χ0n) is 16.7. The molecule has 2 aliphatic heterocycles. The first-order chi connectivity index (χ1) is 12.5. The lowest BCUT2D eigenvalue weighted by molar-refractivity contribution is -0.142. The minimum atomic E-state index is -0.247. The van der Waals surface area contributed by atoms with Crippen molar-refractivity contribution in [2.75, 3.05) is 46.4 Å². The van der Waals surface area contributed by atoms with E-state index in [4.69, 9.17) is 4.74 Å². The van der Waals surface area contributed by atoms with Gasteiger partial charge in [0.05, 0.1) is 6.10 Å². The van der Waals surface area contributed by atoms with Gasteiger partial charge >= 0.3 is 0 Å². The lowest BCUT2D eigenvalue weighted by Gasteiger charge is -2.41. The number of guanidine groups is 1. The Balaban J connectivity index is 0.00000261. The molecule has 2 heterocycles. The summed E-state index contributed by atoms with van der Waals surface area (Å²) in [6.07, 6.45) is 5.59. The maximum Gasteiger partial charge on any atom is 0.251 e. The Morgan fingerprint density at radius 3 is 2.48 bits per heavy atom. The van der Waals surface area contributed by atoms with Crippen LogP contribution in [0.5, 0.6) is 0 Å². The third-order valence-electron chi connectivity index (χ3n) is 6.24. The van der Waals surface area contributed by atoms with Gasteiger partial charge in [-0.25, -0.2) is 0 Å². The zero-order valence-corrected chi connectivity index (χ0v) is 19.0. The number of amides is 1. The van der Waals surface area contributed by atoms with Gasteiger partial charge in [0.1, 0.15) is 6.10 Å². The number of aliphatic imine (C=N–C) groups is 1. The third-order valence-corrected chi connectivity index (χ3v) is 6.24. The molecule has 3 rings (SSSR count). The van der Waals surface area contributed by atoms with E-state index in [-0.39, 0.29) is 47.5 Å². The van der Waals surface area contributed by atoms with Crippen LogP contribution in [0, 0.1) is 5.41 Å². The number of carbonyl (C=O) groups excluding carboxylic acids is 1. The zero-order chi connectivity index (χ0) is 18.6. The second-order valence-corrected chi connectivity index (χ2v) is 8.13. The van der Waals surface area contributed by atoms with Crippen molar-refractivity contribution in [3.63, 3.8) is 0 Å². The van der Waals surface area contributed by atoms with Gasteiger partial charge in [0.25, 0.3) is 5.91 Å². The molecule has 3 atom stereocenters. The minimum absolute atomic E-state index is 0. The van der Waals surface area contributed by atoms with Crippen LogP contribution in [0.4, 0.5) is 0 Å². The van der Waals surface area contributed by atoms with Crippen LogP contribution in [-0.2, 0) is 9.53 Å². The van der Waals surface area contributed by atoms with Crippen molar-refractivity contribution in [2.24, 2.45) is 10.4 Å². The predicted molar refractivity (Wildman–Crippen MR) is 116 cm³/mol. The molecule has 0 spiro atoms. The number of ether oxygens (including phenoxy) is 1. The lowest BCUT2D eigenvalue weighted by atomic mass is 9.73. The SMILES string of the molecule is CN=C(NCC1(C)CCCCC1O)N1CCN(C(=O)C2CCCO2)CC1.I. The summed E-state index contributed by atoms with van der Waals surface area (Å²) in [4.78, 5) is 21.0. The van der Waals surface area contributed by atoms with Crippen LogP contribution in [0.1, 0.15) is 45.4 Å². The lowest BCUT2D eigenvalue weighted by Crippen LogP contribution is -2.56. The van der Waals surface area contributed by atoms with E-state index in [0.29, 0.717) is 19.7 Å². The number of nitrogens with one attached hydrogen (secondary N) is 1. The van der Waals surface area contributed by atoms with Crippen LogP contribution in [0.2, 0.25) is 0 Å². The van der Waals surface area contributed by atoms with Gasteiger partial charge in [0.15, 0.2) is 5.96 Å². The monoisotopic (exact) mass is 494 g/mol. The van der Waals surface area contributed by atoms with Crippen LogP contribution in [0.25, 0.3) is 0 Å². The second-order valence-electron chi connectivity index (χ2n) is 8.13. The van der Waals surface area contributed by atoms with E-state index in [2.05, 4.69) is 22.1 Å². The number of carbonyl (C=O) groups is 1. The van der Waals surface area contributed by atoms with Gasteiger partial charge in [-0.05, 0) is 25.7 Å². The summed E-state index contributed by atoms with van der Waals surface area (Å²) in [6.45, 7) is 6.57. The molecular formula is C19H35IN4O3. The topological polar surface area (TPSA) is 77.4 Å². The fourth-order valence-corrected chi connectivity index (χ4v) is 4.32. The summed E-state index contributed by atoms with van der Waals surface area (Å²) in [5.74, 6) is 1.01. The molecule has 0 aromatic carbocycles. The van der Waals surface area contributed by atoms with E-state index < -0.39 is 0 Å². The normalized spacial score (nSPS) is 32.2. The van der Waals surface area contributed by atoms with E-state index in [1.54, 1.807) is 7.05 Å². The summed E-state index contributed by atoms with van der Waals surface area (Å²) >= 11 is 0. The molecule has 0 aromatic heterocycles. The molecule has 1 amide bonds. The molecule has 156 valence electrons. The molecule has 0 radical (unpaired) electrons. The van der Waals surface area contributed by atoms with Gasteiger partial charge in [-0.15, -0.1) is 24.0 Å². The fourth-order valence-electron chi connectivity index (χ4n) is 4.32. The highest BCUT2D eigenvalue weighted by Gasteiger charge is 2.36. The highest BCUT2D eigenvalue weighted by Crippen LogP contribution is 2.35. The molecule has 1 aliphatic carbocycles. The second kappa shape index (κ2) is 10.2. The van der Waals surface area contributed by atoms with Crippen molar-refractivity contribution in [3.05, 3.63) is 0 Å². The minimum Gasteiger partial charge on any atom is -0.392 e. The first-order valence-corrected chi connectivity index (χ1v) is 10.1. The smallest absolute Gasteiger partial charge is 0.251 e. The van der Waals surface area contributed by atoms with Crippen LogP contribution in [-0.4, -0.2) is 85.4 Å². The van der Waals surface area contributed by atoms with Gasteiger partial charge in [-0.1, -0.05) is 19.8 Å². The van der Waals surface area contributed by atoms with Crippen LogP contribution >= 0.6 is 24.0 Å². The van der Waals surface area contributed by atoms with Crippen LogP contribution in [0.3, 0.4) is 0 Å². The molecule has 3 aliphatic rings. The van der Waals surface area contributed by atoms with Crippen molar-refractivity contribution in [2.45, 2.75) is 57.7 Å². The predicted octanol–water partition coefficient (Wildman–Crippen LogP) is 1.44. The van der Waals surface area contributed by atoms with Gasteiger partial charge in [0.2, 0.25) is 0 Å². The Kier molecular flexibility index (Phi) is 8.61. The maximum atomic E-state index is 12.5. The number of nitrogens with zero attached hydrogens (tertiary/aromatic N) is 3. The third kappa shape index (κ3) is 5.47. The summed E-state index contributed by atoms with van der Waals surface area (Å²) in [5, 5.41) is 13.8. The van der Waals surface area contributed by atoms with Gasteiger partial charge in [-0.3, -0.25) is 9.79 Å². The van der Waals surface area contributed by atoms with E-state index in [9.17, 15) is 9.90 Å². The first kappa shape index (κ1) is 22.7. The highest BCUT2D eigenvalue weighted by molar-refractivity contribution is 14.0. The van der Waals surface area contributed by atoms with Crippen molar-refractivity contribution in [1.82, 2.24) is 15.1 Å². The average Bonchev–Trinajstić information content (AvgIpc) is 3.19. The Hall–Kier alpha value is -0.610. The quantitative estimate of drug-likeness (QED) is 0.353. The average molecular weight is 494 g/mol. The number of aliphatic hydroxyl groups excluding tert-OH is 1. The Morgan fingerprint density at radius 2 is 1.89 bits per heavy atom. The number of hydrogen-bond acceptors (Lipinski definition) is 4.